The number of amides is 1. The van der Waals surface area contributed by atoms with Crippen molar-refractivity contribution in [3.8, 4) is 0 Å². The van der Waals surface area contributed by atoms with Crippen LogP contribution in [0, 0.1) is 6.92 Å². The first-order valence-electron chi connectivity index (χ1n) is 6.24. The first-order chi connectivity index (χ1) is 9.15. The van der Waals surface area contributed by atoms with Gasteiger partial charge in [-0.2, -0.15) is 10.1 Å². The predicted octanol–water partition coefficient (Wildman–Crippen LogP) is 0.0775. The third-order valence-electron chi connectivity index (χ3n) is 3.78. The lowest BCUT2D eigenvalue weighted by Gasteiger charge is -2.41. The lowest BCUT2D eigenvalue weighted by atomic mass is 9.77. The van der Waals surface area contributed by atoms with Crippen LogP contribution >= 0.6 is 0 Å². The van der Waals surface area contributed by atoms with Crippen LogP contribution in [0.2, 0.25) is 0 Å². The molecule has 0 spiro atoms. The Morgan fingerprint density at radius 3 is 2.95 bits per heavy atom. The molecule has 19 heavy (non-hydrogen) atoms. The zero-order valence-electron chi connectivity index (χ0n) is 10.6. The molecule has 2 aromatic rings. The normalized spacial score (nSPS) is 17.2. The Kier molecular flexibility index (Phi) is 2.70. The zero-order chi connectivity index (χ0) is 13.5. The van der Waals surface area contributed by atoms with Gasteiger partial charge in [-0.25, -0.2) is 9.50 Å². The summed E-state index contributed by atoms with van der Waals surface area (Å²) in [6.07, 6.45) is 5.55. The van der Waals surface area contributed by atoms with Crippen LogP contribution in [0.5, 0.6) is 0 Å². The number of aryl methyl sites for hydroxylation is 1. The second kappa shape index (κ2) is 4.27. The minimum absolute atomic E-state index is 0.0310. The Morgan fingerprint density at radius 1 is 1.53 bits per heavy atom. The van der Waals surface area contributed by atoms with Crippen molar-refractivity contribution in [1.29, 1.82) is 0 Å². The average Bonchev–Trinajstić information content (AvgIpc) is 2.83. The summed E-state index contributed by atoms with van der Waals surface area (Å²) in [6.45, 7) is 1.77. The molecule has 1 amide bonds. The summed E-state index contributed by atoms with van der Waals surface area (Å²) in [6, 6.07) is 0. The Morgan fingerprint density at radius 2 is 2.32 bits per heavy atom. The van der Waals surface area contributed by atoms with Gasteiger partial charge in [0.25, 0.3) is 11.7 Å². The van der Waals surface area contributed by atoms with Gasteiger partial charge in [0, 0.05) is 6.20 Å². The van der Waals surface area contributed by atoms with E-state index in [0.717, 1.165) is 19.3 Å². The predicted molar refractivity (Wildman–Crippen MR) is 66.7 cm³/mol. The van der Waals surface area contributed by atoms with Crippen molar-refractivity contribution in [3.05, 3.63) is 23.8 Å². The molecule has 0 unspecified atom stereocenters. The fraction of sp³-hybridized carbons (Fsp3) is 0.500. The molecule has 0 saturated heterocycles. The molecule has 0 bridgehead atoms. The molecule has 0 atom stereocenters. The van der Waals surface area contributed by atoms with E-state index in [1.165, 1.54) is 17.0 Å². The van der Waals surface area contributed by atoms with Gasteiger partial charge < -0.3 is 10.4 Å². The second-order valence-electron chi connectivity index (χ2n) is 4.98. The fourth-order valence-electron chi connectivity index (χ4n) is 2.35. The Balaban J connectivity index is 1.91. The molecule has 0 aromatic carbocycles. The van der Waals surface area contributed by atoms with E-state index in [0.29, 0.717) is 17.0 Å². The van der Waals surface area contributed by atoms with E-state index < -0.39 is 5.54 Å². The Bertz CT molecular complexity index is 627. The highest BCUT2D eigenvalue weighted by molar-refractivity contribution is 5.95. The van der Waals surface area contributed by atoms with Gasteiger partial charge in [0.2, 0.25) is 0 Å². The highest BCUT2D eigenvalue weighted by Crippen LogP contribution is 2.31. The SMILES string of the molecule is Cc1c(C(=O)NC2(CO)CCC2)cnc2ncnn12. The third-order valence-corrected chi connectivity index (χ3v) is 3.78. The minimum Gasteiger partial charge on any atom is -0.394 e. The molecule has 1 aliphatic rings. The number of nitrogens with zero attached hydrogens (tertiary/aromatic N) is 4. The summed E-state index contributed by atoms with van der Waals surface area (Å²) in [5, 5.41) is 16.3. The van der Waals surface area contributed by atoms with E-state index in [1.54, 1.807) is 6.92 Å². The molecule has 2 aromatic heterocycles. The van der Waals surface area contributed by atoms with Crippen LogP contribution in [0.1, 0.15) is 35.3 Å². The molecule has 2 N–H and O–H groups in total. The number of aromatic nitrogens is 4. The maximum atomic E-state index is 12.3. The minimum atomic E-state index is -0.457. The average molecular weight is 261 g/mol. The van der Waals surface area contributed by atoms with Crippen LogP contribution in [0.15, 0.2) is 12.5 Å². The summed E-state index contributed by atoms with van der Waals surface area (Å²) in [5.41, 5.74) is 0.686. The van der Waals surface area contributed by atoms with Crippen LogP contribution in [-0.2, 0) is 0 Å². The van der Waals surface area contributed by atoms with Crippen molar-refractivity contribution in [2.24, 2.45) is 0 Å². The number of nitrogens with one attached hydrogen (secondary N) is 1. The molecule has 2 heterocycles. The van der Waals surface area contributed by atoms with Crippen molar-refractivity contribution in [3.63, 3.8) is 0 Å². The standard InChI is InChI=1S/C12H15N5O2/c1-8-9(5-13-11-14-7-15-17(8)11)10(19)16-12(6-18)3-2-4-12/h5,7,18H,2-4,6H2,1H3,(H,16,19). The number of fused-ring (bicyclic) bond motifs is 1. The smallest absolute Gasteiger partial charge is 0.255 e. The monoisotopic (exact) mass is 261 g/mol. The highest BCUT2D eigenvalue weighted by atomic mass is 16.3. The van der Waals surface area contributed by atoms with Crippen molar-refractivity contribution >= 4 is 11.7 Å². The van der Waals surface area contributed by atoms with Gasteiger partial charge in [0.1, 0.15) is 6.33 Å². The highest BCUT2D eigenvalue weighted by Gasteiger charge is 2.38. The molecule has 1 fully saturated rings. The van der Waals surface area contributed by atoms with Gasteiger partial charge in [-0.3, -0.25) is 4.79 Å². The Labute approximate surface area is 109 Å². The first kappa shape index (κ1) is 12.0. The van der Waals surface area contributed by atoms with Crippen molar-refractivity contribution in [1.82, 2.24) is 24.9 Å². The van der Waals surface area contributed by atoms with E-state index in [1.807, 2.05) is 0 Å². The number of aliphatic hydroxyl groups excluding tert-OH is 1. The largest absolute Gasteiger partial charge is 0.394 e. The number of rotatable bonds is 3. The van der Waals surface area contributed by atoms with Crippen molar-refractivity contribution in [2.45, 2.75) is 31.7 Å². The summed E-state index contributed by atoms with van der Waals surface area (Å²) in [7, 11) is 0. The third kappa shape index (κ3) is 1.86. The molecule has 0 radical (unpaired) electrons. The molecule has 1 saturated carbocycles. The first-order valence-corrected chi connectivity index (χ1v) is 6.24. The Hall–Kier alpha value is -2.02. The van der Waals surface area contributed by atoms with Gasteiger partial charge in [0.05, 0.1) is 23.4 Å². The maximum Gasteiger partial charge on any atom is 0.255 e. The van der Waals surface area contributed by atoms with E-state index >= 15 is 0 Å². The van der Waals surface area contributed by atoms with Gasteiger partial charge in [-0.05, 0) is 26.2 Å². The van der Waals surface area contributed by atoms with Crippen LogP contribution in [-0.4, -0.2) is 42.7 Å². The van der Waals surface area contributed by atoms with Gasteiger partial charge in [-0.1, -0.05) is 0 Å². The lowest BCUT2D eigenvalue weighted by molar-refractivity contribution is 0.0640. The van der Waals surface area contributed by atoms with Crippen molar-refractivity contribution in [2.75, 3.05) is 6.61 Å². The number of hydrogen-bond donors (Lipinski definition) is 2. The molecule has 0 aliphatic heterocycles. The molecule has 3 rings (SSSR count). The molecule has 7 heteroatoms. The van der Waals surface area contributed by atoms with Crippen molar-refractivity contribution < 1.29 is 9.90 Å². The lowest BCUT2D eigenvalue weighted by Crippen LogP contribution is -2.56. The fourth-order valence-corrected chi connectivity index (χ4v) is 2.35. The maximum absolute atomic E-state index is 12.3. The molecular weight excluding hydrogens is 246 g/mol. The topological polar surface area (TPSA) is 92.4 Å². The molecule has 7 nitrogen and oxygen atoms in total. The zero-order valence-corrected chi connectivity index (χ0v) is 10.6. The van der Waals surface area contributed by atoms with Crippen LogP contribution < -0.4 is 5.32 Å². The number of carbonyl (C=O) groups is 1. The van der Waals surface area contributed by atoms with E-state index in [9.17, 15) is 9.90 Å². The summed E-state index contributed by atoms with van der Waals surface area (Å²) < 4.78 is 1.53. The second-order valence-corrected chi connectivity index (χ2v) is 4.98. The number of carbonyl (C=O) groups excluding carboxylic acids is 1. The quantitative estimate of drug-likeness (QED) is 0.816. The van der Waals surface area contributed by atoms with Crippen LogP contribution in [0.3, 0.4) is 0 Å². The van der Waals surface area contributed by atoms with Gasteiger partial charge in [0.15, 0.2) is 0 Å². The van der Waals surface area contributed by atoms with Crippen LogP contribution in [0.25, 0.3) is 5.78 Å². The van der Waals surface area contributed by atoms with Gasteiger partial charge >= 0.3 is 0 Å². The van der Waals surface area contributed by atoms with Crippen LogP contribution in [0.4, 0.5) is 0 Å². The number of hydrogen-bond acceptors (Lipinski definition) is 5. The van der Waals surface area contributed by atoms with E-state index in [2.05, 4.69) is 20.4 Å². The summed E-state index contributed by atoms with van der Waals surface area (Å²) >= 11 is 0. The molecule has 1 aliphatic carbocycles. The molecule has 100 valence electrons. The van der Waals surface area contributed by atoms with E-state index in [-0.39, 0.29) is 12.5 Å². The molecular formula is C12H15N5O2. The van der Waals surface area contributed by atoms with Gasteiger partial charge in [-0.15, -0.1) is 0 Å². The number of aliphatic hydroxyl groups is 1. The summed E-state index contributed by atoms with van der Waals surface area (Å²) in [4.78, 5) is 20.3. The summed E-state index contributed by atoms with van der Waals surface area (Å²) in [5.74, 6) is 0.241. The van der Waals surface area contributed by atoms with E-state index in [4.69, 9.17) is 0 Å².